The zero-order valence-electron chi connectivity index (χ0n) is 11.1. The lowest BCUT2D eigenvalue weighted by Crippen LogP contribution is -2.13. The van der Waals surface area contributed by atoms with Gasteiger partial charge in [0.1, 0.15) is 5.78 Å². The van der Waals surface area contributed by atoms with Crippen LogP contribution in [0.25, 0.3) is 0 Å². The van der Waals surface area contributed by atoms with E-state index in [-0.39, 0.29) is 0 Å². The van der Waals surface area contributed by atoms with Crippen molar-refractivity contribution in [2.24, 2.45) is 5.73 Å². The molecule has 0 saturated heterocycles. The smallest absolute Gasteiger partial charge is 0.248 e. The molecule has 1 saturated carbocycles. The maximum Gasteiger partial charge on any atom is 0.248 e. The number of amides is 1. The van der Waals surface area contributed by atoms with Crippen LogP contribution in [-0.2, 0) is 4.79 Å². The number of carbonyl (C=O) groups excluding carboxylic acids is 2. The Morgan fingerprint density at radius 1 is 1.11 bits per heavy atom. The van der Waals surface area contributed by atoms with E-state index in [1.807, 2.05) is 26.0 Å². The average molecular weight is 247 g/mol. The van der Waals surface area contributed by atoms with Crippen molar-refractivity contribution in [1.82, 2.24) is 0 Å². The highest BCUT2D eigenvalue weighted by molar-refractivity contribution is 5.92. The molecular weight excluding hydrogens is 226 g/mol. The van der Waals surface area contributed by atoms with Crippen LogP contribution in [0.15, 0.2) is 24.3 Å². The number of primary amides is 1. The minimum atomic E-state index is -0.398. The Hall–Kier alpha value is -1.64. The first-order valence-electron chi connectivity index (χ1n) is 6.58. The number of hydrogen-bond donors (Lipinski definition) is 1. The van der Waals surface area contributed by atoms with E-state index in [0.717, 1.165) is 12.8 Å². The molecule has 3 nitrogen and oxygen atoms in total. The van der Waals surface area contributed by atoms with Gasteiger partial charge in [-0.15, -0.1) is 0 Å². The zero-order valence-corrected chi connectivity index (χ0v) is 11.1. The summed E-state index contributed by atoms with van der Waals surface area (Å²) in [6.45, 7) is 4.00. The molecule has 0 spiro atoms. The number of hydrogen-bond acceptors (Lipinski definition) is 2. The molecule has 0 unspecified atom stereocenters. The fourth-order valence-corrected chi connectivity index (χ4v) is 2.19. The predicted molar refractivity (Wildman–Crippen MR) is 72.5 cm³/mol. The SMILES string of the molecule is CC.NC(=O)c1ccc(C2CCC(=O)CC2)cc1. The molecule has 1 aromatic carbocycles. The summed E-state index contributed by atoms with van der Waals surface area (Å²) >= 11 is 0. The Morgan fingerprint density at radius 2 is 1.61 bits per heavy atom. The monoisotopic (exact) mass is 247 g/mol. The van der Waals surface area contributed by atoms with Crippen LogP contribution in [0.2, 0.25) is 0 Å². The van der Waals surface area contributed by atoms with Gasteiger partial charge in [0.05, 0.1) is 0 Å². The summed E-state index contributed by atoms with van der Waals surface area (Å²) in [5.74, 6) is 0.426. The van der Waals surface area contributed by atoms with E-state index in [1.165, 1.54) is 5.56 Å². The zero-order chi connectivity index (χ0) is 13.5. The highest BCUT2D eigenvalue weighted by atomic mass is 16.1. The van der Waals surface area contributed by atoms with Crippen molar-refractivity contribution < 1.29 is 9.59 Å². The summed E-state index contributed by atoms with van der Waals surface area (Å²) in [7, 11) is 0. The minimum absolute atomic E-state index is 0.366. The van der Waals surface area contributed by atoms with E-state index in [2.05, 4.69) is 0 Å². The molecule has 0 atom stereocenters. The Morgan fingerprint density at radius 3 is 2.06 bits per heavy atom. The first-order chi connectivity index (χ1) is 8.66. The van der Waals surface area contributed by atoms with Gasteiger partial charge in [-0.3, -0.25) is 9.59 Å². The molecule has 0 aliphatic heterocycles. The summed E-state index contributed by atoms with van der Waals surface area (Å²) in [4.78, 5) is 22.0. The van der Waals surface area contributed by atoms with Crippen LogP contribution in [0.4, 0.5) is 0 Å². The number of nitrogens with two attached hydrogens (primary N) is 1. The topological polar surface area (TPSA) is 60.2 Å². The number of carbonyl (C=O) groups is 2. The molecule has 18 heavy (non-hydrogen) atoms. The van der Waals surface area contributed by atoms with E-state index in [9.17, 15) is 9.59 Å². The molecule has 1 aliphatic carbocycles. The largest absolute Gasteiger partial charge is 0.366 e. The summed E-state index contributed by atoms with van der Waals surface area (Å²) < 4.78 is 0. The first-order valence-corrected chi connectivity index (χ1v) is 6.58. The first kappa shape index (κ1) is 14.4. The lowest BCUT2D eigenvalue weighted by atomic mass is 9.83. The molecule has 0 aromatic heterocycles. The summed E-state index contributed by atoms with van der Waals surface area (Å²) in [5.41, 5.74) is 6.92. The Kier molecular flexibility index (Phi) is 5.56. The van der Waals surface area contributed by atoms with Crippen LogP contribution in [0, 0.1) is 0 Å². The third-order valence-corrected chi connectivity index (χ3v) is 3.21. The third-order valence-electron chi connectivity index (χ3n) is 3.21. The third kappa shape index (κ3) is 3.69. The lowest BCUT2D eigenvalue weighted by molar-refractivity contribution is -0.120. The van der Waals surface area contributed by atoms with Gasteiger partial charge in [-0.05, 0) is 36.5 Å². The molecule has 2 rings (SSSR count). The second-order valence-electron chi connectivity index (χ2n) is 4.30. The van der Waals surface area contributed by atoms with E-state index < -0.39 is 5.91 Å². The van der Waals surface area contributed by atoms with Gasteiger partial charge in [0.15, 0.2) is 0 Å². The molecule has 3 heteroatoms. The van der Waals surface area contributed by atoms with E-state index >= 15 is 0 Å². The standard InChI is InChI=1S/C13H15NO2.C2H6/c14-13(16)11-3-1-9(2-4-11)10-5-7-12(15)8-6-10;1-2/h1-4,10H,5-8H2,(H2,14,16);1-2H3. The van der Waals surface area contributed by atoms with Gasteiger partial charge in [-0.25, -0.2) is 0 Å². The van der Waals surface area contributed by atoms with E-state index in [1.54, 1.807) is 12.1 Å². The number of ketones is 1. The van der Waals surface area contributed by atoms with Crippen molar-refractivity contribution in [3.05, 3.63) is 35.4 Å². The predicted octanol–water partition coefficient (Wildman–Crippen LogP) is 3.04. The molecule has 0 bridgehead atoms. The van der Waals surface area contributed by atoms with Crippen LogP contribution in [0.3, 0.4) is 0 Å². The maximum absolute atomic E-state index is 11.1. The van der Waals surface area contributed by atoms with E-state index in [0.29, 0.717) is 30.1 Å². The van der Waals surface area contributed by atoms with Crippen LogP contribution < -0.4 is 5.73 Å². The van der Waals surface area contributed by atoms with Gasteiger partial charge in [-0.2, -0.15) is 0 Å². The molecule has 1 amide bonds. The van der Waals surface area contributed by atoms with Crippen molar-refractivity contribution in [1.29, 1.82) is 0 Å². The van der Waals surface area contributed by atoms with Crippen molar-refractivity contribution >= 4 is 11.7 Å². The van der Waals surface area contributed by atoms with Gasteiger partial charge < -0.3 is 5.73 Å². The fourth-order valence-electron chi connectivity index (χ4n) is 2.19. The highest BCUT2D eigenvalue weighted by Crippen LogP contribution is 2.31. The van der Waals surface area contributed by atoms with Crippen molar-refractivity contribution in [3.63, 3.8) is 0 Å². The molecule has 1 fully saturated rings. The lowest BCUT2D eigenvalue weighted by Gasteiger charge is -2.21. The Balaban J connectivity index is 0.000000771. The van der Waals surface area contributed by atoms with Crippen LogP contribution in [-0.4, -0.2) is 11.7 Å². The molecule has 1 aliphatic rings. The normalized spacial score (nSPS) is 15.8. The van der Waals surface area contributed by atoms with Gasteiger partial charge in [-0.1, -0.05) is 26.0 Å². The van der Waals surface area contributed by atoms with Crippen LogP contribution in [0.1, 0.15) is 61.4 Å². The fraction of sp³-hybridized carbons (Fsp3) is 0.467. The summed E-state index contributed by atoms with van der Waals surface area (Å²) in [6.07, 6.45) is 3.22. The summed E-state index contributed by atoms with van der Waals surface area (Å²) in [6, 6.07) is 7.41. The molecule has 1 aromatic rings. The number of Topliss-reactive ketones (excluding diaryl/α,β-unsaturated/α-hetero) is 1. The second kappa shape index (κ2) is 6.94. The molecule has 98 valence electrons. The van der Waals surface area contributed by atoms with Crippen molar-refractivity contribution in [3.8, 4) is 0 Å². The van der Waals surface area contributed by atoms with Gasteiger partial charge in [0, 0.05) is 18.4 Å². The van der Waals surface area contributed by atoms with Crippen LogP contribution >= 0.6 is 0 Å². The molecule has 0 heterocycles. The van der Waals surface area contributed by atoms with Crippen molar-refractivity contribution in [2.45, 2.75) is 45.4 Å². The average Bonchev–Trinajstić information content (AvgIpc) is 2.42. The van der Waals surface area contributed by atoms with Crippen LogP contribution in [0.5, 0.6) is 0 Å². The van der Waals surface area contributed by atoms with Crippen molar-refractivity contribution in [2.75, 3.05) is 0 Å². The van der Waals surface area contributed by atoms with Gasteiger partial charge in [0.25, 0.3) is 0 Å². The molecule has 2 N–H and O–H groups in total. The number of benzene rings is 1. The second-order valence-corrected chi connectivity index (χ2v) is 4.30. The van der Waals surface area contributed by atoms with Gasteiger partial charge >= 0.3 is 0 Å². The van der Waals surface area contributed by atoms with E-state index in [4.69, 9.17) is 5.73 Å². The molecule has 0 radical (unpaired) electrons. The van der Waals surface area contributed by atoms with Gasteiger partial charge in [0.2, 0.25) is 5.91 Å². The highest BCUT2D eigenvalue weighted by Gasteiger charge is 2.19. The molecular formula is C15H21NO2. The summed E-state index contributed by atoms with van der Waals surface area (Å²) in [5, 5.41) is 0. The minimum Gasteiger partial charge on any atom is -0.366 e. The quantitative estimate of drug-likeness (QED) is 0.873. The Bertz CT molecular complexity index is 399. The number of rotatable bonds is 2. The maximum atomic E-state index is 11.1. The Labute approximate surface area is 108 Å².